The van der Waals surface area contributed by atoms with Gasteiger partial charge in [-0.2, -0.15) is 0 Å². The van der Waals surface area contributed by atoms with Crippen LogP contribution in [0.25, 0.3) is 11.3 Å². The molecule has 0 unspecified atom stereocenters. The average molecular weight is 288 g/mol. The molecule has 1 saturated heterocycles. The standard InChI is InChI=1S/C15H21BN2O3/c1-14(2)15(3,4)21-16(20-14)11-9-18(5)13(19-6)12-10(11)7-8-17-12/h7-9H,1-6H3. The lowest BCUT2D eigenvalue weighted by Gasteiger charge is -2.32. The number of hydrogen-bond acceptors (Lipinski definition) is 4. The summed E-state index contributed by atoms with van der Waals surface area (Å²) in [5, 5.41) is 0. The number of ether oxygens (including phenoxy) is 1. The van der Waals surface area contributed by atoms with E-state index in [4.69, 9.17) is 14.0 Å². The smallest absolute Gasteiger partial charge is 0.481 e. The van der Waals surface area contributed by atoms with E-state index in [9.17, 15) is 0 Å². The zero-order chi connectivity index (χ0) is 15.4. The quantitative estimate of drug-likeness (QED) is 0.791. The van der Waals surface area contributed by atoms with Crippen LogP contribution in [0.2, 0.25) is 0 Å². The second-order valence-electron chi connectivity index (χ2n) is 6.50. The number of nitrogens with zero attached hydrogens (tertiary/aromatic N) is 2. The molecule has 112 valence electrons. The fourth-order valence-electron chi connectivity index (χ4n) is 2.64. The Kier molecular flexibility index (Phi) is 3.08. The molecule has 0 atom stereocenters. The van der Waals surface area contributed by atoms with Gasteiger partial charge >= 0.3 is 7.12 Å². The van der Waals surface area contributed by atoms with Crippen molar-refractivity contribution in [3.05, 3.63) is 18.5 Å². The van der Waals surface area contributed by atoms with Gasteiger partial charge in [0.1, 0.15) is 5.69 Å². The molecule has 0 aliphatic carbocycles. The van der Waals surface area contributed by atoms with E-state index >= 15 is 0 Å². The van der Waals surface area contributed by atoms with Gasteiger partial charge in [-0.3, -0.25) is 4.98 Å². The predicted octanol–water partition coefficient (Wildman–Crippen LogP) is 1.83. The second kappa shape index (κ2) is 4.48. The van der Waals surface area contributed by atoms with Gasteiger partial charge in [0, 0.05) is 30.5 Å². The first-order valence-electron chi connectivity index (χ1n) is 7.10. The van der Waals surface area contributed by atoms with Crippen LogP contribution in [0.3, 0.4) is 0 Å². The number of hydrogen-bond donors (Lipinski definition) is 0. The SMILES string of the molecule is COc1c2nccc-2c(B2OC(C)(C)C(C)(C)O2)cn1C. The zero-order valence-corrected chi connectivity index (χ0v) is 13.4. The Labute approximate surface area is 125 Å². The predicted molar refractivity (Wildman–Crippen MR) is 82.1 cm³/mol. The maximum Gasteiger partial charge on any atom is 0.497 e. The second-order valence-corrected chi connectivity index (χ2v) is 6.50. The minimum absolute atomic E-state index is 0.359. The van der Waals surface area contributed by atoms with Crippen LogP contribution in [0.1, 0.15) is 27.7 Å². The maximum atomic E-state index is 6.15. The molecule has 3 aliphatic rings. The number of rotatable bonds is 2. The summed E-state index contributed by atoms with van der Waals surface area (Å²) in [4.78, 5) is 4.40. The van der Waals surface area contributed by atoms with Crippen LogP contribution in [0, 0.1) is 0 Å². The molecule has 3 aliphatic heterocycles. The number of aryl methyl sites for hydroxylation is 1. The van der Waals surface area contributed by atoms with Crippen LogP contribution in [-0.2, 0) is 16.4 Å². The molecule has 0 aromatic carbocycles. The van der Waals surface area contributed by atoms with Gasteiger partial charge in [0.15, 0.2) is 0 Å². The van der Waals surface area contributed by atoms with Crippen molar-refractivity contribution in [2.24, 2.45) is 7.05 Å². The number of aromatic nitrogens is 2. The van der Waals surface area contributed by atoms with E-state index < -0.39 is 7.12 Å². The van der Waals surface area contributed by atoms with E-state index in [0.717, 1.165) is 22.6 Å². The van der Waals surface area contributed by atoms with Gasteiger partial charge in [-0.15, -0.1) is 0 Å². The van der Waals surface area contributed by atoms with E-state index in [1.165, 1.54) is 0 Å². The molecular formula is C15H21BN2O3. The molecule has 0 N–H and O–H groups in total. The summed E-state index contributed by atoms with van der Waals surface area (Å²) >= 11 is 0. The minimum Gasteiger partial charge on any atom is -0.481 e. The highest BCUT2D eigenvalue weighted by Gasteiger charge is 2.52. The zero-order valence-electron chi connectivity index (χ0n) is 13.4. The van der Waals surface area contributed by atoms with Crippen LogP contribution >= 0.6 is 0 Å². The van der Waals surface area contributed by atoms with Crippen LogP contribution in [0.5, 0.6) is 5.88 Å². The molecule has 0 bridgehead atoms. The molecule has 0 aromatic rings. The van der Waals surface area contributed by atoms with Crippen molar-refractivity contribution < 1.29 is 14.0 Å². The summed E-state index contributed by atoms with van der Waals surface area (Å²) in [6.45, 7) is 8.21. The average Bonchev–Trinajstić information content (AvgIpc) is 2.92. The van der Waals surface area contributed by atoms with Crippen molar-refractivity contribution >= 4 is 12.6 Å². The fourth-order valence-corrected chi connectivity index (χ4v) is 2.64. The summed E-state index contributed by atoms with van der Waals surface area (Å²) in [6.07, 6.45) is 3.77. The van der Waals surface area contributed by atoms with E-state index in [1.807, 2.05) is 23.9 Å². The van der Waals surface area contributed by atoms with Crippen LogP contribution in [0.15, 0.2) is 18.5 Å². The lowest BCUT2D eigenvalue weighted by atomic mass is 9.76. The van der Waals surface area contributed by atoms with Gasteiger partial charge in [-0.05, 0) is 33.8 Å². The summed E-state index contributed by atoms with van der Waals surface area (Å²) in [5.74, 6) is 0.732. The Morgan fingerprint density at radius 3 is 2.38 bits per heavy atom. The van der Waals surface area contributed by atoms with Crippen molar-refractivity contribution in [2.45, 2.75) is 38.9 Å². The highest BCUT2D eigenvalue weighted by molar-refractivity contribution is 6.63. The van der Waals surface area contributed by atoms with Gasteiger partial charge in [0.05, 0.1) is 18.3 Å². The van der Waals surface area contributed by atoms with Crippen LogP contribution < -0.4 is 10.2 Å². The largest absolute Gasteiger partial charge is 0.497 e. The first kappa shape index (κ1) is 14.4. The molecule has 3 rings (SSSR count). The molecule has 3 heterocycles. The summed E-state index contributed by atoms with van der Waals surface area (Å²) in [6, 6.07) is 1.97. The monoisotopic (exact) mass is 288 g/mol. The first-order chi connectivity index (χ1) is 9.77. The van der Waals surface area contributed by atoms with E-state index in [-0.39, 0.29) is 11.2 Å². The number of pyridine rings is 1. The summed E-state index contributed by atoms with van der Waals surface area (Å²) in [7, 11) is 3.18. The van der Waals surface area contributed by atoms with Crippen molar-refractivity contribution in [3.8, 4) is 17.1 Å². The molecule has 5 nitrogen and oxygen atoms in total. The topological polar surface area (TPSA) is 45.5 Å². The molecule has 0 spiro atoms. The normalized spacial score (nSPS) is 20.2. The van der Waals surface area contributed by atoms with Crippen LogP contribution in [-0.4, -0.2) is 35.0 Å². The van der Waals surface area contributed by atoms with Gasteiger partial charge in [0.25, 0.3) is 0 Å². The lowest BCUT2D eigenvalue weighted by Crippen LogP contribution is -2.41. The van der Waals surface area contributed by atoms with Crippen molar-refractivity contribution in [2.75, 3.05) is 7.11 Å². The van der Waals surface area contributed by atoms with Gasteiger partial charge < -0.3 is 18.6 Å². The molecule has 21 heavy (non-hydrogen) atoms. The minimum atomic E-state index is -0.404. The molecule has 0 amide bonds. The van der Waals surface area contributed by atoms with E-state index in [2.05, 4.69) is 32.7 Å². The lowest BCUT2D eigenvalue weighted by molar-refractivity contribution is 0.00578. The Morgan fingerprint density at radius 2 is 1.81 bits per heavy atom. The first-order valence-corrected chi connectivity index (χ1v) is 7.10. The number of methoxy groups -OCH3 is 1. The molecule has 0 radical (unpaired) electrons. The Hall–Kier alpha value is -1.53. The molecule has 0 saturated carbocycles. The Balaban J connectivity index is 2.09. The summed E-state index contributed by atoms with van der Waals surface area (Å²) < 4.78 is 19.7. The van der Waals surface area contributed by atoms with Crippen molar-refractivity contribution in [1.29, 1.82) is 0 Å². The molecule has 6 heteroatoms. The fraction of sp³-hybridized carbons (Fsp3) is 0.533. The third-order valence-corrected chi connectivity index (χ3v) is 4.57. The van der Waals surface area contributed by atoms with Crippen LogP contribution in [0.4, 0.5) is 0 Å². The molecule has 1 fully saturated rings. The Morgan fingerprint density at radius 1 is 1.19 bits per heavy atom. The van der Waals surface area contributed by atoms with Gasteiger partial charge in [0.2, 0.25) is 5.88 Å². The maximum absolute atomic E-state index is 6.15. The van der Waals surface area contributed by atoms with E-state index in [0.29, 0.717) is 0 Å². The summed E-state index contributed by atoms with van der Waals surface area (Å²) in [5.41, 5.74) is 2.09. The van der Waals surface area contributed by atoms with Crippen molar-refractivity contribution in [3.63, 3.8) is 0 Å². The Bertz CT molecular complexity index is 635. The van der Waals surface area contributed by atoms with Crippen molar-refractivity contribution in [1.82, 2.24) is 9.55 Å². The highest BCUT2D eigenvalue weighted by Crippen LogP contribution is 2.38. The number of fused-ring (bicyclic) bond motifs is 1. The van der Waals surface area contributed by atoms with E-state index in [1.54, 1.807) is 13.3 Å². The highest BCUT2D eigenvalue weighted by atomic mass is 16.7. The van der Waals surface area contributed by atoms with Gasteiger partial charge in [-0.1, -0.05) is 0 Å². The third-order valence-electron chi connectivity index (χ3n) is 4.57. The molecule has 0 aromatic heterocycles. The van der Waals surface area contributed by atoms with Gasteiger partial charge in [-0.25, -0.2) is 0 Å². The third kappa shape index (κ3) is 2.05. The molecular weight excluding hydrogens is 267 g/mol.